The van der Waals surface area contributed by atoms with E-state index in [9.17, 15) is 4.79 Å². The lowest BCUT2D eigenvalue weighted by Crippen LogP contribution is -2.41. The third-order valence-electron chi connectivity index (χ3n) is 4.46. The highest BCUT2D eigenvalue weighted by molar-refractivity contribution is 5.94. The molecule has 1 aliphatic rings. The van der Waals surface area contributed by atoms with Crippen molar-refractivity contribution in [3.05, 3.63) is 48.0 Å². The lowest BCUT2D eigenvalue weighted by atomic mass is 9.86. The molecule has 116 valence electrons. The maximum absolute atomic E-state index is 12.3. The Hall–Kier alpha value is -2.17. The summed E-state index contributed by atoms with van der Waals surface area (Å²) in [6, 6.07) is 8.03. The van der Waals surface area contributed by atoms with E-state index in [1.165, 1.54) is 25.6 Å². The minimum Gasteiger partial charge on any atom is -0.349 e. The highest BCUT2D eigenvalue weighted by Gasteiger charge is 2.23. The Morgan fingerprint density at radius 2 is 2.05 bits per heavy atom. The van der Waals surface area contributed by atoms with E-state index in [2.05, 4.69) is 22.3 Å². The first-order valence-corrected chi connectivity index (χ1v) is 7.94. The van der Waals surface area contributed by atoms with E-state index in [-0.39, 0.29) is 5.91 Å². The molecule has 22 heavy (non-hydrogen) atoms. The van der Waals surface area contributed by atoms with E-state index in [4.69, 9.17) is 0 Å². The zero-order chi connectivity index (χ0) is 15.4. The molecule has 1 saturated carbocycles. The van der Waals surface area contributed by atoms with E-state index in [0.717, 1.165) is 17.5 Å². The van der Waals surface area contributed by atoms with Crippen LogP contribution in [-0.4, -0.2) is 26.7 Å². The molecular formula is C17H22N4O. The Morgan fingerprint density at radius 3 is 2.73 bits per heavy atom. The number of benzene rings is 1. The summed E-state index contributed by atoms with van der Waals surface area (Å²) in [5.74, 6) is 0.607. The lowest BCUT2D eigenvalue weighted by Gasteiger charge is -2.29. The third-order valence-corrected chi connectivity index (χ3v) is 4.46. The van der Waals surface area contributed by atoms with Crippen molar-refractivity contribution in [2.75, 3.05) is 0 Å². The van der Waals surface area contributed by atoms with E-state index < -0.39 is 0 Å². The molecule has 0 aliphatic heterocycles. The van der Waals surface area contributed by atoms with Crippen LogP contribution in [0.3, 0.4) is 0 Å². The summed E-state index contributed by atoms with van der Waals surface area (Å²) in [6.45, 7) is 2.90. The fourth-order valence-corrected chi connectivity index (χ4v) is 3.05. The minimum atomic E-state index is 0.0334. The zero-order valence-corrected chi connectivity index (χ0v) is 12.9. The maximum Gasteiger partial charge on any atom is 0.251 e. The molecular weight excluding hydrogens is 276 g/mol. The van der Waals surface area contributed by atoms with Gasteiger partial charge in [-0.25, -0.2) is 9.67 Å². The number of aromatic nitrogens is 3. The smallest absolute Gasteiger partial charge is 0.251 e. The van der Waals surface area contributed by atoms with Crippen molar-refractivity contribution in [1.29, 1.82) is 0 Å². The molecule has 1 amide bonds. The average molecular weight is 298 g/mol. The van der Waals surface area contributed by atoms with Crippen LogP contribution in [0.4, 0.5) is 0 Å². The predicted molar refractivity (Wildman–Crippen MR) is 84.5 cm³/mol. The Labute approximate surface area is 130 Å². The zero-order valence-electron chi connectivity index (χ0n) is 12.9. The first-order valence-electron chi connectivity index (χ1n) is 7.94. The van der Waals surface area contributed by atoms with Crippen LogP contribution in [0.15, 0.2) is 36.9 Å². The Bertz CT molecular complexity index is 606. The van der Waals surface area contributed by atoms with Gasteiger partial charge in [0.05, 0.1) is 6.54 Å². The van der Waals surface area contributed by atoms with E-state index >= 15 is 0 Å². The molecule has 0 radical (unpaired) electrons. The second-order valence-electron chi connectivity index (χ2n) is 6.13. The SMILES string of the molecule is C[C@H]1CCCC[C@@H]1NC(=O)c1ccc(Cn2cncn2)cc1. The highest BCUT2D eigenvalue weighted by Crippen LogP contribution is 2.24. The van der Waals surface area contributed by atoms with Crippen LogP contribution < -0.4 is 5.32 Å². The summed E-state index contributed by atoms with van der Waals surface area (Å²) in [4.78, 5) is 16.3. The first kappa shape index (κ1) is 14.8. The van der Waals surface area contributed by atoms with Crippen molar-refractivity contribution in [3.63, 3.8) is 0 Å². The number of nitrogens with zero attached hydrogens (tertiary/aromatic N) is 3. The minimum absolute atomic E-state index is 0.0334. The van der Waals surface area contributed by atoms with Crippen LogP contribution in [0.5, 0.6) is 0 Å². The maximum atomic E-state index is 12.3. The van der Waals surface area contributed by atoms with Gasteiger partial charge in [-0.05, 0) is 36.5 Å². The second-order valence-corrected chi connectivity index (χ2v) is 6.13. The van der Waals surface area contributed by atoms with Crippen LogP contribution in [0, 0.1) is 5.92 Å². The van der Waals surface area contributed by atoms with Gasteiger partial charge in [-0.1, -0.05) is 31.9 Å². The summed E-state index contributed by atoms with van der Waals surface area (Å²) in [6.07, 6.45) is 8.01. The van der Waals surface area contributed by atoms with Gasteiger partial charge in [0.25, 0.3) is 5.91 Å². The first-order chi connectivity index (χ1) is 10.7. The van der Waals surface area contributed by atoms with Crippen molar-refractivity contribution in [3.8, 4) is 0 Å². The van der Waals surface area contributed by atoms with Gasteiger partial charge < -0.3 is 5.32 Å². The largest absolute Gasteiger partial charge is 0.349 e. The van der Waals surface area contributed by atoms with Crippen LogP contribution in [-0.2, 0) is 6.54 Å². The molecule has 5 heteroatoms. The fourth-order valence-electron chi connectivity index (χ4n) is 3.05. The van der Waals surface area contributed by atoms with Crippen LogP contribution in [0.2, 0.25) is 0 Å². The summed E-state index contributed by atoms with van der Waals surface area (Å²) >= 11 is 0. The molecule has 0 spiro atoms. The summed E-state index contributed by atoms with van der Waals surface area (Å²) in [5, 5.41) is 7.26. The molecule has 0 unspecified atom stereocenters. The van der Waals surface area contributed by atoms with Gasteiger partial charge >= 0.3 is 0 Å². The van der Waals surface area contributed by atoms with E-state index in [1.54, 1.807) is 11.0 Å². The van der Waals surface area contributed by atoms with Crippen LogP contribution in [0.25, 0.3) is 0 Å². The topological polar surface area (TPSA) is 59.8 Å². The molecule has 1 aliphatic carbocycles. The van der Waals surface area contributed by atoms with Gasteiger partial charge in [0.1, 0.15) is 12.7 Å². The van der Waals surface area contributed by atoms with Gasteiger partial charge in [0, 0.05) is 11.6 Å². The average Bonchev–Trinajstić information content (AvgIpc) is 3.03. The van der Waals surface area contributed by atoms with Gasteiger partial charge in [-0.2, -0.15) is 5.10 Å². The normalized spacial score (nSPS) is 21.5. The Morgan fingerprint density at radius 1 is 1.27 bits per heavy atom. The molecule has 1 fully saturated rings. The molecule has 2 atom stereocenters. The van der Waals surface area contributed by atoms with E-state index in [1.807, 2.05) is 24.3 Å². The van der Waals surface area contributed by atoms with E-state index in [0.29, 0.717) is 18.5 Å². The number of amides is 1. The molecule has 3 rings (SSSR count). The second kappa shape index (κ2) is 6.73. The number of carbonyl (C=O) groups excluding carboxylic acids is 1. The number of carbonyl (C=O) groups is 1. The van der Waals surface area contributed by atoms with Crippen LogP contribution in [0.1, 0.15) is 48.5 Å². The Kier molecular flexibility index (Phi) is 4.51. The number of hydrogen-bond donors (Lipinski definition) is 1. The predicted octanol–water partition coefficient (Wildman–Crippen LogP) is 2.63. The highest BCUT2D eigenvalue weighted by atomic mass is 16.1. The van der Waals surface area contributed by atoms with Crippen molar-refractivity contribution >= 4 is 5.91 Å². The fraction of sp³-hybridized carbons (Fsp3) is 0.471. The van der Waals surface area contributed by atoms with Gasteiger partial charge in [-0.15, -0.1) is 0 Å². The molecule has 2 aromatic rings. The van der Waals surface area contributed by atoms with Crippen molar-refractivity contribution in [2.45, 2.75) is 45.2 Å². The molecule has 1 aromatic heterocycles. The van der Waals surface area contributed by atoms with Crippen LogP contribution >= 0.6 is 0 Å². The number of rotatable bonds is 4. The Balaban J connectivity index is 1.60. The molecule has 5 nitrogen and oxygen atoms in total. The van der Waals surface area contributed by atoms with Crippen molar-refractivity contribution in [2.24, 2.45) is 5.92 Å². The molecule has 1 N–H and O–H groups in total. The molecule has 1 heterocycles. The van der Waals surface area contributed by atoms with Gasteiger partial charge in [0.15, 0.2) is 0 Å². The third kappa shape index (κ3) is 3.53. The number of hydrogen-bond acceptors (Lipinski definition) is 3. The standard InChI is InChI=1S/C17H22N4O/c1-13-4-2-3-5-16(13)20-17(22)15-8-6-14(7-9-15)10-21-12-18-11-19-21/h6-9,11-13,16H,2-5,10H2,1H3,(H,20,22)/t13-,16-/m0/s1. The van der Waals surface area contributed by atoms with Gasteiger partial charge in [0.2, 0.25) is 0 Å². The van der Waals surface area contributed by atoms with Crippen molar-refractivity contribution in [1.82, 2.24) is 20.1 Å². The summed E-state index contributed by atoms with van der Waals surface area (Å²) in [5.41, 5.74) is 1.83. The summed E-state index contributed by atoms with van der Waals surface area (Å²) < 4.78 is 1.76. The lowest BCUT2D eigenvalue weighted by molar-refractivity contribution is 0.0910. The number of nitrogens with one attached hydrogen (secondary N) is 1. The van der Waals surface area contributed by atoms with Gasteiger partial charge in [-0.3, -0.25) is 4.79 Å². The quantitative estimate of drug-likeness (QED) is 0.944. The monoisotopic (exact) mass is 298 g/mol. The molecule has 0 bridgehead atoms. The molecule has 0 saturated heterocycles. The molecule has 1 aromatic carbocycles. The van der Waals surface area contributed by atoms with Crippen molar-refractivity contribution < 1.29 is 4.79 Å². The summed E-state index contributed by atoms with van der Waals surface area (Å²) in [7, 11) is 0.